The highest BCUT2D eigenvalue weighted by Crippen LogP contribution is 2.24. The van der Waals surface area contributed by atoms with Gasteiger partial charge in [0.25, 0.3) is 0 Å². The van der Waals surface area contributed by atoms with Crippen LogP contribution in [0.4, 0.5) is 5.69 Å². The molecule has 0 amide bonds. The van der Waals surface area contributed by atoms with Gasteiger partial charge in [-0.15, -0.1) is 0 Å². The molecule has 2 nitrogen and oxygen atoms in total. The summed E-state index contributed by atoms with van der Waals surface area (Å²) in [6.45, 7) is 3.93. The lowest BCUT2D eigenvalue weighted by Gasteiger charge is -2.07. The third-order valence-corrected chi connectivity index (χ3v) is 3.59. The number of rotatable bonds is 4. The molecule has 0 saturated heterocycles. The number of aromatic nitrogens is 1. The maximum Gasteiger partial charge on any atom is 0.0638 e. The molecule has 1 heterocycles. The van der Waals surface area contributed by atoms with Gasteiger partial charge in [-0.2, -0.15) is 0 Å². The predicted molar refractivity (Wildman–Crippen MR) is 81.6 cm³/mol. The van der Waals surface area contributed by atoms with Crippen molar-refractivity contribution in [1.82, 2.24) is 4.57 Å². The number of benzene rings is 1. The molecule has 0 atom stereocenters. The molecule has 2 aromatic rings. The monoisotopic (exact) mass is 360 g/mol. The summed E-state index contributed by atoms with van der Waals surface area (Å²) < 4.78 is 3.34. The smallest absolute Gasteiger partial charge is 0.0638 e. The van der Waals surface area contributed by atoms with E-state index >= 15 is 0 Å². The first kappa shape index (κ1) is 12.8. The second kappa shape index (κ2) is 5.78. The molecule has 0 aliphatic rings. The lowest BCUT2D eigenvalue weighted by atomic mass is 10.3. The summed E-state index contributed by atoms with van der Waals surface area (Å²) in [5, 5.41) is 4.12. The van der Waals surface area contributed by atoms with E-state index < -0.39 is 0 Å². The molecule has 17 heavy (non-hydrogen) atoms. The molecular weight excluding hydrogens is 347 g/mol. The number of hydrogen-bond acceptors (Lipinski definition) is 1. The van der Waals surface area contributed by atoms with E-state index in [1.807, 2.05) is 12.1 Å². The summed E-state index contributed by atoms with van der Waals surface area (Å²) in [4.78, 5) is 0. The van der Waals surface area contributed by atoms with Gasteiger partial charge in [-0.3, -0.25) is 0 Å². The second-order valence-corrected chi connectivity index (χ2v) is 5.48. The zero-order valence-electron chi connectivity index (χ0n) is 9.58. The van der Waals surface area contributed by atoms with Crippen molar-refractivity contribution < 1.29 is 0 Å². The number of hydrogen-bond donors (Lipinski definition) is 1. The molecule has 1 aromatic heterocycles. The van der Waals surface area contributed by atoms with Gasteiger partial charge in [0.2, 0.25) is 0 Å². The van der Waals surface area contributed by atoms with Crippen LogP contribution in [0, 0.1) is 3.57 Å². The Morgan fingerprint density at radius 2 is 2.18 bits per heavy atom. The van der Waals surface area contributed by atoms with E-state index in [1.165, 1.54) is 9.13 Å². The van der Waals surface area contributed by atoms with Gasteiger partial charge in [0.05, 0.1) is 10.7 Å². The Balaban J connectivity index is 2.04. The number of nitrogens with one attached hydrogen (secondary N) is 1. The van der Waals surface area contributed by atoms with Crippen LogP contribution in [0.15, 0.2) is 36.7 Å². The third-order valence-electron chi connectivity index (χ3n) is 2.59. The Bertz CT molecular complexity index is 508. The molecule has 0 unspecified atom stereocenters. The van der Waals surface area contributed by atoms with E-state index in [0.29, 0.717) is 0 Å². The Kier molecular flexibility index (Phi) is 4.34. The Labute approximate surface area is 120 Å². The zero-order valence-corrected chi connectivity index (χ0v) is 12.5. The van der Waals surface area contributed by atoms with E-state index in [-0.39, 0.29) is 0 Å². The van der Waals surface area contributed by atoms with Crippen molar-refractivity contribution in [1.29, 1.82) is 0 Å². The Morgan fingerprint density at radius 1 is 1.35 bits per heavy atom. The highest BCUT2D eigenvalue weighted by atomic mass is 127. The highest BCUT2D eigenvalue weighted by molar-refractivity contribution is 14.1. The predicted octanol–water partition coefficient (Wildman–Crippen LogP) is 4.38. The van der Waals surface area contributed by atoms with Crippen LogP contribution in [-0.2, 0) is 13.1 Å². The standard InChI is InChI=1S/C13H14ClIN2/c1-2-17-6-5-10(9-17)8-16-13-7-11(15)3-4-12(13)14/h3-7,9,16H,2,8H2,1H3. The first-order valence-electron chi connectivity index (χ1n) is 5.52. The summed E-state index contributed by atoms with van der Waals surface area (Å²) in [6, 6.07) is 8.10. The lowest BCUT2D eigenvalue weighted by molar-refractivity contribution is 0.766. The largest absolute Gasteiger partial charge is 0.380 e. The van der Waals surface area contributed by atoms with Gasteiger partial charge in [-0.05, 0) is 59.3 Å². The summed E-state index contributed by atoms with van der Waals surface area (Å²) in [5.74, 6) is 0. The SMILES string of the molecule is CCn1ccc(CNc2cc(I)ccc2Cl)c1. The first-order valence-corrected chi connectivity index (χ1v) is 6.98. The fourth-order valence-corrected chi connectivity index (χ4v) is 2.30. The molecule has 0 radical (unpaired) electrons. The van der Waals surface area contributed by atoms with Crippen LogP contribution in [0.1, 0.15) is 12.5 Å². The van der Waals surface area contributed by atoms with Crippen LogP contribution in [-0.4, -0.2) is 4.57 Å². The lowest BCUT2D eigenvalue weighted by Crippen LogP contribution is -1.99. The Morgan fingerprint density at radius 3 is 2.88 bits per heavy atom. The summed E-state index contributed by atoms with van der Waals surface area (Å²) >= 11 is 8.41. The molecule has 0 spiro atoms. The highest BCUT2D eigenvalue weighted by Gasteiger charge is 2.01. The van der Waals surface area contributed by atoms with Crippen molar-refractivity contribution in [2.45, 2.75) is 20.0 Å². The summed E-state index contributed by atoms with van der Waals surface area (Å²) in [6.07, 6.45) is 4.24. The van der Waals surface area contributed by atoms with Crippen molar-refractivity contribution in [3.8, 4) is 0 Å². The van der Waals surface area contributed by atoms with E-state index in [0.717, 1.165) is 23.8 Å². The number of halogens is 2. The van der Waals surface area contributed by atoms with Crippen LogP contribution < -0.4 is 5.32 Å². The molecule has 90 valence electrons. The number of nitrogens with zero attached hydrogens (tertiary/aromatic N) is 1. The molecular formula is C13H14ClIN2. The topological polar surface area (TPSA) is 17.0 Å². The molecule has 0 bridgehead atoms. The van der Waals surface area contributed by atoms with Gasteiger partial charge in [0.15, 0.2) is 0 Å². The summed E-state index contributed by atoms with van der Waals surface area (Å²) in [5.41, 5.74) is 2.25. The average Bonchev–Trinajstić information content (AvgIpc) is 2.78. The van der Waals surface area contributed by atoms with Crippen molar-refractivity contribution in [3.63, 3.8) is 0 Å². The maximum atomic E-state index is 6.12. The minimum atomic E-state index is 0.764. The van der Waals surface area contributed by atoms with E-state index in [9.17, 15) is 0 Å². The minimum absolute atomic E-state index is 0.764. The molecule has 1 N–H and O–H groups in total. The van der Waals surface area contributed by atoms with E-state index in [4.69, 9.17) is 11.6 Å². The fourth-order valence-electron chi connectivity index (χ4n) is 1.62. The second-order valence-electron chi connectivity index (χ2n) is 3.83. The molecule has 0 aliphatic heterocycles. The van der Waals surface area contributed by atoms with Crippen molar-refractivity contribution in [2.24, 2.45) is 0 Å². The minimum Gasteiger partial charge on any atom is -0.380 e. The molecule has 4 heteroatoms. The van der Waals surface area contributed by atoms with Crippen LogP contribution >= 0.6 is 34.2 Å². The van der Waals surface area contributed by atoms with Gasteiger partial charge in [0, 0.05) is 29.1 Å². The number of anilines is 1. The van der Waals surface area contributed by atoms with Crippen LogP contribution in [0.5, 0.6) is 0 Å². The van der Waals surface area contributed by atoms with E-state index in [1.54, 1.807) is 0 Å². The van der Waals surface area contributed by atoms with Crippen molar-refractivity contribution in [3.05, 3.63) is 50.8 Å². The quantitative estimate of drug-likeness (QED) is 0.801. The number of aryl methyl sites for hydroxylation is 1. The third kappa shape index (κ3) is 3.39. The molecule has 0 fully saturated rings. The average molecular weight is 361 g/mol. The fraction of sp³-hybridized carbons (Fsp3) is 0.231. The van der Waals surface area contributed by atoms with Gasteiger partial charge in [-0.1, -0.05) is 11.6 Å². The van der Waals surface area contributed by atoms with Gasteiger partial charge in [-0.25, -0.2) is 0 Å². The maximum absolute atomic E-state index is 6.12. The van der Waals surface area contributed by atoms with Gasteiger partial charge >= 0.3 is 0 Å². The van der Waals surface area contributed by atoms with Gasteiger partial charge < -0.3 is 9.88 Å². The normalized spacial score (nSPS) is 10.5. The van der Waals surface area contributed by atoms with Crippen LogP contribution in [0.25, 0.3) is 0 Å². The summed E-state index contributed by atoms with van der Waals surface area (Å²) in [7, 11) is 0. The van der Waals surface area contributed by atoms with Crippen LogP contribution in [0.2, 0.25) is 5.02 Å². The van der Waals surface area contributed by atoms with Crippen LogP contribution in [0.3, 0.4) is 0 Å². The molecule has 0 aliphatic carbocycles. The van der Waals surface area contributed by atoms with Crippen molar-refractivity contribution in [2.75, 3.05) is 5.32 Å². The molecule has 1 aromatic carbocycles. The molecule has 2 rings (SSSR count). The van der Waals surface area contributed by atoms with Crippen molar-refractivity contribution >= 4 is 39.9 Å². The Hall–Kier alpha value is -0.680. The molecule has 0 saturated carbocycles. The van der Waals surface area contributed by atoms with Gasteiger partial charge in [0.1, 0.15) is 0 Å². The first-order chi connectivity index (χ1) is 8.19. The van der Waals surface area contributed by atoms with E-state index in [2.05, 4.69) is 63.9 Å². The zero-order chi connectivity index (χ0) is 12.3.